The summed E-state index contributed by atoms with van der Waals surface area (Å²) >= 11 is 9.59. The predicted molar refractivity (Wildman–Crippen MR) is 88.9 cm³/mol. The lowest BCUT2D eigenvalue weighted by Gasteiger charge is -2.34. The SMILES string of the molecule is CC(C)(C)OC(=O)N1CCCC(c2cc(Cl)cc(Br)c2)C1. The van der Waals surface area contributed by atoms with Crippen molar-refractivity contribution in [3.05, 3.63) is 33.3 Å². The summed E-state index contributed by atoms with van der Waals surface area (Å²) in [6.45, 7) is 7.11. The summed E-state index contributed by atoms with van der Waals surface area (Å²) in [4.78, 5) is 14.0. The van der Waals surface area contributed by atoms with Crippen LogP contribution in [-0.4, -0.2) is 29.7 Å². The molecule has 1 amide bonds. The molecule has 0 bridgehead atoms. The van der Waals surface area contributed by atoms with Gasteiger partial charge in [-0.2, -0.15) is 0 Å². The van der Waals surface area contributed by atoms with Gasteiger partial charge in [-0.3, -0.25) is 0 Å². The Hall–Kier alpha value is -0.740. The number of hydrogen-bond acceptors (Lipinski definition) is 2. The van der Waals surface area contributed by atoms with E-state index in [0.29, 0.717) is 17.5 Å². The molecule has 1 unspecified atom stereocenters. The van der Waals surface area contributed by atoms with E-state index in [1.54, 1.807) is 4.90 Å². The normalized spacial score (nSPS) is 19.5. The van der Waals surface area contributed by atoms with Crippen LogP contribution in [0.25, 0.3) is 0 Å². The van der Waals surface area contributed by atoms with Crippen LogP contribution >= 0.6 is 27.5 Å². The molecule has 1 aliphatic rings. The summed E-state index contributed by atoms with van der Waals surface area (Å²) in [6, 6.07) is 5.93. The number of piperidine rings is 1. The van der Waals surface area contributed by atoms with E-state index in [-0.39, 0.29) is 6.09 Å². The highest BCUT2D eigenvalue weighted by Crippen LogP contribution is 2.31. The fourth-order valence-corrected chi connectivity index (χ4v) is 3.44. The third-order valence-electron chi connectivity index (χ3n) is 3.43. The minimum atomic E-state index is -0.455. The fourth-order valence-electron chi connectivity index (χ4n) is 2.55. The van der Waals surface area contributed by atoms with Gasteiger partial charge in [-0.05, 0) is 57.4 Å². The van der Waals surface area contributed by atoms with Crippen molar-refractivity contribution in [1.29, 1.82) is 0 Å². The quantitative estimate of drug-likeness (QED) is 0.674. The number of carbonyl (C=O) groups excluding carboxylic acids is 1. The van der Waals surface area contributed by atoms with Gasteiger partial charge in [0.25, 0.3) is 0 Å². The summed E-state index contributed by atoms with van der Waals surface area (Å²) < 4.78 is 6.43. The van der Waals surface area contributed by atoms with Gasteiger partial charge in [-0.15, -0.1) is 0 Å². The summed E-state index contributed by atoms with van der Waals surface area (Å²) in [5.41, 5.74) is 0.714. The maximum atomic E-state index is 12.2. The molecule has 0 aromatic heterocycles. The van der Waals surface area contributed by atoms with Crippen molar-refractivity contribution in [2.24, 2.45) is 0 Å². The molecule has 21 heavy (non-hydrogen) atoms. The molecule has 0 radical (unpaired) electrons. The highest BCUT2D eigenvalue weighted by atomic mass is 79.9. The summed E-state index contributed by atoms with van der Waals surface area (Å²) in [5.74, 6) is 0.307. The number of ether oxygens (including phenoxy) is 1. The molecule has 0 saturated carbocycles. The number of carbonyl (C=O) groups is 1. The molecule has 1 atom stereocenters. The molecular weight excluding hydrogens is 354 g/mol. The molecule has 0 N–H and O–H groups in total. The Morgan fingerprint density at radius 2 is 2.10 bits per heavy atom. The molecule has 0 spiro atoms. The number of halogens is 2. The summed E-state index contributed by atoms with van der Waals surface area (Å²) in [5, 5.41) is 0.716. The first-order valence-electron chi connectivity index (χ1n) is 7.18. The topological polar surface area (TPSA) is 29.5 Å². The summed E-state index contributed by atoms with van der Waals surface area (Å²) in [6.07, 6.45) is 1.81. The van der Waals surface area contributed by atoms with Crippen molar-refractivity contribution in [1.82, 2.24) is 4.90 Å². The smallest absolute Gasteiger partial charge is 0.410 e. The van der Waals surface area contributed by atoms with Crippen molar-refractivity contribution in [3.8, 4) is 0 Å². The number of hydrogen-bond donors (Lipinski definition) is 0. The minimum absolute atomic E-state index is 0.228. The predicted octanol–water partition coefficient (Wildman–Crippen LogP) is 5.22. The zero-order valence-electron chi connectivity index (χ0n) is 12.7. The minimum Gasteiger partial charge on any atom is -0.444 e. The van der Waals surface area contributed by atoms with E-state index < -0.39 is 5.60 Å². The molecule has 1 aliphatic heterocycles. The van der Waals surface area contributed by atoms with Gasteiger partial charge in [0.05, 0.1) is 0 Å². The standard InChI is InChI=1S/C16H21BrClNO2/c1-16(2,3)21-15(20)19-6-4-5-11(10-19)12-7-13(17)9-14(18)8-12/h7-9,11H,4-6,10H2,1-3H3. The Morgan fingerprint density at radius 1 is 1.38 bits per heavy atom. The molecule has 0 aliphatic carbocycles. The molecule has 1 saturated heterocycles. The average Bonchev–Trinajstić information content (AvgIpc) is 2.36. The van der Waals surface area contributed by atoms with Crippen molar-refractivity contribution < 1.29 is 9.53 Å². The Labute approximate surface area is 139 Å². The van der Waals surface area contributed by atoms with Crippen molar-refractivity contribution in [2.45, 2.75) is 45.1 Å². The number of amides is 1. The van der Waals surface area contributed by atoms with Crippen LogP contribution < -0.4 is 0 Å². The van der Waals surface area contributed by atoms with Gasteiger partial charge in [0.15, 0.2) is 0 Å². The largest absolute Gasteiger partial charge is 0.444 e. The van der Waals surface area contributed by atoms with E-state index in [2.05, 4.69) is 22.0 Å². The van der Waals surface area contributed by atoms with Crippen LogP contribution in [0.15, 0.2) is 22.7 Å². The number of likely N-dealkylation sites (tertiary alicyclic amines) is 1. The first kappa shape index (κ1) is 16.6. The Morgan fingerprint density at radius 3 is 2.71 bits per heavy atom. The molecule has 1 aromatic rings. The first-order valence-corrected chi connectivity index (χ1v) is 8.35. The van der Waals surface area contributed by atoms with Crippen LogP contribution in [0.2, 0.25) is 5.02 Å². The maximum Gasteiger partial charge on any atom is 0.410 e. The molecule has 2 rings (SSSR count). The van der Waals surface area contributed by atoms with Crippen molar-refractivity contribution in [2.75, 3.05) is 13.1 Å². The van der Waals surface area contributed by atoms with Crippen LogP contribution in [0.4, 0.5) is 4.79 Å². The average molecular weight is 375 g/mol. The van der Waals surface area contributed by atoms with E-state index in [0.717, 1.165) is 23.9 Å². The second-order valence-corrected chi connectivity index (χ2v) is 7.82. The molecular formula is C16H21BrClNO2. The van der Waals surface area contributed by atoms with Crippen LogP contribution in [0.3, 0.4) is 0 Å². The molecule has 1 aromatic carbocycles. The van der Waals surface area contributed by atoms with Crippen LogP contribution in [0, 0.1) is 0 Å². The van der Waals surface area contributed by atoms with Crippen LogP contribution in [-0.2, 0) is 4.74 Å². The zero-order valence-corrected chi connectivity index (χ0v) is 15.0. The van der Waals surface area contributed by atoms with E-state index in [9.17, 15) is 4.79 Å². The molecule has 3 nitrogen and oxygen atoms in total. The maximum absolute atomic E-state index is 12.2. The van der Waals surface area contributed by atoms with E-state index in [1.165, 1.54) is 5.56 Å². The van der Waals surface area contributed by atoms with Gasteiger partial charge in [0, 0.05) is 28.5 Å². The van der Waals surface area contributed by atoms with Gasteiger partial charge < -0.3 is 9.64 Å². The van der Waals surface area contributed by atoms with Gasteiger partial charge in [-0.1, -0.05) is 27.5 Å². The van der Waals surface area contributed by atoms with Gasteiger partial charge >= 0.3 is 6.09 Å². The van der Waals surface area contributed by atoms with E-state index in [4.69, 9.17) is 16.3 Å². The molecule has 5 heteroatoms. The van der Waals surface area contributed by atoms with Crippen LogP contribution in [0.1, 0.15) is 45.1 Å². The van der Waals surface area contributed by atoms with Crippen LogP contribution in [0.5, 0.6) is 0 Å². The Balaban J connectivity index is 2.08. The third-order valence-corrected chi connectivity index (χ3v) is 4.11. The Kier molecular flexibility index (Phi) is 5.20. The fraction of sp³-hybridized carbons (Fsp3) is 0.562. The summed E-state index contributed by atoms with van der Waals surface area (Å²) in [7, 11) is 0. The molecule has 116 valence electrons. The first-order chi connectivity index (χ1) is 9.74. The van der Waals surface area contributed by atoms with Gasteiger partial charge in [0.2, 0.25) is 0 Å². The highest BCUT2D eigenvalue weighted by molar-refractivity contribution is 9.10. The zero-order chi connectivity index (χ0) is 15.6. The second kappa shape index (κ2) is 6.57. The number of rotatable bonds is 1. The van der Waals surface area contributed by atoms with Gasteiger partial charge in [-0.25, -0.2) is 4.79 Å². The second-order valence-electron chi connectivity index (χ2n) is 6.47. The van der Waals surface area contributed by atoms with Crippen molar-refractivity contribution >= 4 is 33.6 Å². The van der Waals surface area contributed by atoms with Gasteiger partial charge in [0.1, 0.15) is 5.60 Å². The van der Waals surface area contributed by atoms with E-state index >= 15 is 0 Å². The lowest BCUT2D eigenvalue weighted by atomic mass is 9.91. The molecule has 1 heterocycles. The van der Waals surface area contributed by atoms with E-state index in [1.807, 2.05) is 32.9 Å². The van der Waals surface area contributed by atoms with Crippen molar-refractivity contribution in [3.63, 3.8) is 0 Å². The lowest BCUT2D eigenvalue weighted by molar-refractivity contribution is 0.0198. The molecule has 1 fully saturated rings. The monoisotopic (exact) mass is 373 g/mol. The third kappa shape index (κ3) is 4.89. The number of benzene rings is 1. The number of nitrogens with zero attached hydrogens (tertiary/aromatic N) is 1. The Bertz CT molecular complexity index is 507. The lowest BCUT2D eigenvalue weighted by Crippen LogP contribution is -2.42. The highest BCUT2D eigenvalue weighted by Gasteiger charge is 2.28.